The van der Waals surface area contributed by atoms with E-state index in [9.17, 15) is 9.59 Å². The molecule has 112 valence electrons. The van der Waals surface area contributed by atoms with Crippen molar-refractivity contribution in [2.75, 3.05) is 11.4 Å². The van der Waals surface area contributed by atoms with Crippen molar-refractivity contribution in [1.29, 1.82) is 0 Å². The molecule has 4 nitrogen and oxygen atoms in total. The van der Waals surface area contributed by atoms with Crippen LogP contribution < -0.4 is 10.2 Å². The van der Waals surface area contributed by atoms with Crippen LogP contribution in [0.25, 0.3) is 0 Å². The number of nitrogens with one attached hydrogen (secondary N) is 1. The highest BCUT2D eigenvalue weighted by Gasteiger charge is 2.51. The molecule has 1 aromatic rings. The molecule has 1 N–H and O–H groups in total. The molecule has 4 heteroatoms. The predicted molar refractivity (Wildman–Crippen MR) is 82.2 cm³/mol. The van der Waals surface area contributed by atoms with E-state index in [0.717, 1.165) is 29.7 Å². The summed E-state index contributed by atoms with van der Waals surface area (Å²) in [6, 6.07) is 6.14. The maximum Gasteiger partial charge on any atom is 0.252 e. The van der Waals surface area contributed by atoms with E-state index in [4.69, 9.17) is 0 Å². The van der Waals surface area contributed by atoms with Gasteiger partial charge in [0.2, 0.25) is 5.91 Å². The first-order chi connectivity index (χ1) is 9.90. The molecule has 1 heterocycles. The fraction of sp³-hybridized carbons (Fsp3) is 0.529. The van der Waals surface area contributed by atoms with Crippen LogP contribution in [0.5, 0.6) is 0 Å². The summed E-state index contributed by atoms with van der Waals surface area (Å²) in [4.78, 5) is 26.8. The normalized spacial score (nSPS) is 26.5. The Labute approximate surface area is 125 Å². The Kier molecular flexibility index (Phi) is 3.27. The molecule has 0 radical (unpaired) electrons. The molecule has 1 saturated heterocycles. The monoisotopic (exact) mass is 286 g/mol. The first-order valence-electron chi connectivity index (χ1n) is 7.61. The predicted octanol–water partition coefficient (Wildman–Crippen LogP) is 2.33. The van der Waals surface area contributed by atoms with E-state index < -0.39 is 5.54 Å². The minimum Gasteiger partial charge on any atom is -0.342 e. The van der Waals surface area contributed by atoms with Crippen LogP contribution >= 0.6 is 0 Å². The van der Waals surface area contributed by atoms with Crippen molar-refractivity contribution in [3.8, 4) is 0 Å². The number of nitrogens with zero attached hydrogens (tertiary/aromatic N) is 1. The smallest absolute Gasteiger partial charge is 0.252 e. The maximum atomic E-state index is 13.0. The van der Waals surface area contributed by atoms with Crippen molar-refractivity contribution < 1.29 is 9.59 Å². The van der Waals surface area contributed by atoms with Crippen molar-refractivity contribution in [3.63, 3.8) is 0 Å². The Hall–Kier alpha value is -1.84. The molecule has 2 fully saturated rings. The highest BCUT2D eigenvalue weighted by atomic mass is 16.2. The Morgan fingerprint density at radius 2 is 1.76 bits per heavy atom. The third kappa shape index (κ3) is 2.55. The highest BCUT2D eigenvalue weighted by molar-refractivity contribution is 6.04. The van der Waals surface area contributed by atoms with Gasteiger partial charge in [0.15, 0.2) is 0 Å². The summed E-state index contributed by atoms with van der Waals surface area (Å²) in [6.45, 7) is 6.40. The molecule has 3 rings (SSSR count). The van der Waals surface area contributed by atoms with Crippen LogP contribution in [0.15, 0.2) is 18.2 Å². The molecule has 1 aliphatic carbocycles. The summed E-state index contributed by atoms with van der Waals surface area (Å²) < 4.78 is 0. The summed E-state index contributed by atoms with van der Waals surface area (Å²) >= 11 is 0. The second-order valence-electron chi connectivity index (χ2n) is 6.58. The molecular formula is C17H22N2O2. The van der Waals surface area contributed by atoms with E-state index >= 15 is 0 Å². The van der Waals surface area contributed by atoms with Crippen LogP contribution in [0.1, 0.15) is 37.3 Å². The third-order valence-electron chi connectivity index (χ3n) is 4.56. The van der Waals surface area contributed by atoms with E-state index in [0.29, 0.717) is 13.0 Å². The van der Waals surface area contributed by atoms with Gasteiger partial charge in [0, 0.05) is 18.7 Å². The molecule has 1 aromatic carbocycles. The number of carbonyl (C=O) groups is 2. The average Bonchev–Trinajstić information content (AvgIpc) is 3.21. The number of hydrogen-bond acceptors (Lipinski definition) is 2. The van der Waals surface area contributed by atoms with Crippen LogP contribution in [0, 0.1) is 19.8 Å². The maximum absolute atomic E-state index is 13.0. The molecule has 2 amide bonds. The van der Waals surface area contributed by atoms with Gasteiger partial charge in [-0.1, -0.05) is 6.07 Å². The number of carbonyl (C=O) groups excluding carboxylic acids is 2. The van der Waals surface area contributed by atoms with Gasteiger partial charge in [-0.05, 0) is 62.8 Å². The largest absolute Gasteiger partial charge is 0.342 e. The topological polar surface area (TPSA) is 49.4 Å². The van der Waals surface area contributed by atoms with Crippen molar-refractivity contribution in [2.24, 2.45) is 5.92 Å². The second-order valence-corrected chi connectivity index (χ2v) is 6.58. The number of aryl methyl sites for hydroxylation is 2. The van der Waals surface area contributed by atoms with E-state index in [1.807, 2.05) is 32.9 Å². The molecule has 0 spiro atoms. The first-order valence-corrected chi connectivity index (χ1v) is 7.61. The first kappa shape index (κ1) is 14.1. The SMILES string of the molecule is Cc1cc(C)cc(N2CCC(=O)NC(C)(C3CC3)C2=O)c1. The van der Waals surface area contributed by atoms with E-state index in [2.05, 4.69) is 11.4 Å². The van der Waals surface area contributed by atoms with Gasteiger partial charge in [-0.2, -0.15) is 0 Å². The van der Waals surface area contributed by atoms with Gasteiger partial charge < -0.3 is 10.2 Å². The van der Waals surface area contributed by atoms with Gasteiger partial charge in [0.05, 0.1) is 0 Å². The van der Waals surface area contributed by atoms with E-state index in [1.165, 1.54) is 0 Å². The summed E-state index contributed by atoms with van der Waals surface area (Å²) in [5.74, 6) is 0.283. The Balaban J connectivity index is 2.00. The lowest BCUT2D eigenvalue weighted by molar-refractivity contribution is -0.130. The fourth-order valence-corrected chi connectivity index (χ4v) is 3.29. The summed E-state index contributed by atoms with van der Waals surface area (Å²) in [7, 11) is 0. The zero-order chi connectivity index (χ0) is 15.2. The lowest BCUT2D eigenvalue weighted by Crippen LogP contribution is -2.56. The average molecular weight is 286 g/mol. The van der Waals surface area contributed by atoms with Gasteiger partial charge in [-0.25, -0.2) is 0 Å². The highest BCUT2D eigenvalue weighted by Crippen LogP contribution is 2.42. The van der Waals surface area contributed by atoms with Crippen molar-refractivity contribution in [1.82, 2.24) is 5.32 Å². The molecule has 0 bridgehead atoms. The summed E-state index contributed by atoms with van der Waals surface area (Å²) in [6.07, 6.45) is 2.40. The van der Waals surface area contributed by atoms with Crippen molar-refractivity contribution in [3.05, 3.63) is 29.3 Å². The van der Waals surface area contributed by atoms with E-state index in [-0.39, 0.29) is 17.7 Å². The van der Waals surface area contributed by atoms with Gasteiger partial charge in [-0.15, -0.1) is 0 Å². The van der Waals surface area contributed by atoms with Crippen LogP contribution in [-0.2, 0) is 9.59 Å². The Morgan fingerprint density at radius 3 is 2.33 bits per heavy atom. The standard InChI is InChI=1S/C17H22N2O2/c1-11-8-12(2)10-14(9-11)19-7-6-15(20)18-17(3,16(19)21)13-4-5-13/h8-10,13H,4-7H2,1-3H3,(H,18,20). The molecular weight excluding hydrogens is 264 g/mol. The minimum atomic E-state index is -0.745. The van der Waals surface area contributed by atoms with Gasteiger partial charge in [0.1, 0.15) is 5.54 Å². The fourth-order valence-electron chi connectivity index (χ4n) is 3.29. The lowest BCUT2D eigenvalue weighted by atomic mass is 9.93. The zero-order valence-electron chi connectivity index (χ0n) is 12.9. The van der Waals surface area contributed by atoms with Gasteiger partial charge in [0.25, 0.3) is 5.91 Å². The number of rotatable bonds is 2. The third-order valence-corrected chi connectivity index (χ3v) is 4.56. The van der Waals surface area contributed by atoms with Crippen molar-refractivity contribution >= 4 is 17.5 Å². The number of amides is 2. The number of hydrogen-bond donors (Lipinski definition) is 1. The second kappa shape index (κ2) is 4.86. The van der Waals surface area contributed by atoms with Crippen LogP contribution in [0.3, 0.4) is 0 Å². The zero-order valence-corrected chi connectivity index (χ0v) is 12.9. The Bertz CT molecular complexity index is 587. The summed E-state index contributed by atoms with van der Waals surface area (Å²) in [5, 5.41) is 2.97. The molecule has 1 atom stereocenters. The molecule has 1 aliphatic heterocycles. The van der Waals surface area contributed by atoms with Crippen molar-refractivity contribution in [2.45, 2.75) is 45.6 Å². The van der Waals surface area contributed by atoms with Crippen LogP contribution in [0.4, 0.5) is 5.69 Å². The molecule has 2 aliphatic rings. The molecule has 21 heavy (non-hydrogen) atoms. The molecule has 1 unspecified atom stereocenters. The molecule has 0 aromatic heterocycles. The number of anilines is 1. The van der Waals surface area contributed by atoms with Gasteiger partial charge in [-0.3, -0.25) is 9.59 Å². The van der Waals surface area contributed by atoms with E-state index in [1.54, 1.807) is 4.90 Å². The minimum absolute atomic E-state index is 0.0235. The Morgan fingerprint density at radius 1 is 1.14 bits per heavy atom. The molecule has 1 saturated carbocycles. The van der Waals surface area contributed by atoms with Crippen LogP contribution in [-0.4, -0.2) is 23.9 Å². The number of benzene rings is 1. The van der Waals surface area contributed by atoms with Crippen LogP contribution in [0.2, 0.25) is 0 Å². The quantitative estimate of drug-likeness (QED) is 0.907. The lowest BCUT2D eigenvalue weighted by Gasteiger charge is -2.32. The van der Waals surface area contributed by atoms with Gasteiger partial charge >= 0.3 is 0 Å². The summed E-state index contributed by atoms with van der Waals surface area (Å²) in [5.41, 5.74) is 2.43.